The topological polar surface area (TPSA) is 64.4 Å². The van der Waals surface area contributed by atoms with Gasteiger partial charge >= 0.3 is 0 Å². The molecule has 0 aliphatic carbocycles. The third-order valence-corrected chi connectivity index (χ3v) is 6.34. The Hall–Kier alpha value is -2.27. The van der Waals surface area contributed by atoms with E-state index in [0.29, 0.717) is 43.9 Å². The van der Waals surface area contributed by atoms with Crippen molar-refractivity contribution in [2.45, 2.75) is 12.3 Å². The standard InChI is InChI=1S/C19H20FN3O2S/c20-19-7-6-17(13-21)12-18(19)14-22-8-10-23(11-9-22)26(24,25)15-16-4-2-1-3-5-16/h1-7,12H,8-11,14-15H2. The van der Waals surface area contributed by atoms with E-state index in [1.807, 2.05) is 29.2 Å². The molecule has 5 nitrogen and oxygen atoms in total. The van der Waals surface area contributed by atoms with Gasteiger partial charge in [0.1, 0.15) is 5.82 Å². The second kappa shape index (κ2) is 7.96. The van der Waals surface area contributed by atoms with Crippen molar-refractivity contribution in [2.24, 2.45) is 0 Å². The van der Waals surface area contributed by atoms with Crippen LogP contribution in [-0.2, 0) is 22.3 Å². The van der Waals surface area contributed by atoms with Gasteiger partial charge in [-0.25, -0.2) is 12.8 Å². The quantitative estimate of drug-likeness (QED) is 0.807. The van der Waals surface area contributed by atoms with E-state index in [0.717, 1.165) is 5.56 Å². The van der Waals surface area contributed by atoms with Crippen LogP contribution in [0, 0.1) is 17.1 Å². The van der Waals surface area contributed by atoms with Crippen molar-refractivity contribution in [1.29, 1.82) is 5.26 Å². The summed E-state index contributed by atoms with van der Waals surface area (Å²) < 4.78 is 40.6. The fourth-order valence-electron chi connectivity index (χ4n) is 3.05. The average Bonchev–Trinajstić information content (AvgIpc) is 2.64. The first kappa shape index (κ1) is 18.5. The van der Waals surface area contributed by atoms with Gasteiger partial charge in [0, 0.05) is 38.3 Å². The van der Waals surface area contributed by atoms with Gasteiger partial charge in [-0.05, 0) is 23.8 Å². The van der Waals surface area contributed by atoms with Crippen molar-refractivity contribution < 1.29 is 12.8 Å². The van der Waals surface area contributed by atoms with E-state index in [-0.39, 0.29) is 11.6 Å². The molecule has 0 N–H and O–H groups in total. The molecule has 1 saturated heterocycles. The Balaban J connectivity index is 1.60. The van der Waals surface area contributed by atoms with Crippen LogP contribution in [-0.4, -0.2) is 43.8 Å². The second-order valence-corrected chi connectivity index (χ2v) is 8.30. The highest BCUT2D eigenvalue weighted by Crippen LogP contribution is 2.17. The SMILES string of the molecule is N#Cc1ccc(F)c(CN2CCN(S(=O)(=O)Cc3ccccc3)CC2)c1. The molecule has 0 bridgehead atoms. The fourth-order valence-corrected chi connectivity index (χ4v) is 4.56. The monoisotopic (exact) mass is 373 g/mol. The molecule has 3 rings (SSSR count). The molecule has 0 spiro atoms. The molecule has 0 atom stereocenters. The summed E-state index contributed by atoms with van der Waals surface area (Å²) in [5.41, 5.74) is 1.65. The van der Waals surface area contributed by atoms with E-state index in [1.165, 1.54) is 16.4 Å². The highest BCUT2D eigenvalue weighted by atomic mass is 32.2. The molecule has 0 unspecified atom stereocenters. The molecule has 7 heteroatoms. The van der Waals surface area contributed by atoms with Gasteiger partial charge in [0.15, 0.2) is 0 Å². The average molecular weight is 373 g/mol. The first-order valence-electron chi connectivity index (χ1n) is 8.40. The van der Waals surface area contributed by atoms with Gasteiger partial charge in [0.05, 0.1) is 17.4 Å². The van der Waals surface area contributed by atoms with Gasteiger partial charge in [-0.2, -0.15) is 9.57 Å². The zero-order valence-electron chi connectivity index (χ0n) is 14.3. The third-order valence-electron chi connectivity index (χ3n) is 4.49. The maximum atomic E-state index is 13.9. The number of nitriles is 1. The molecule has 2 aromatic rings. The van der Waals surface area contributed by atoms with Crippen LogP contribution in [0.25, 0.3) is 0 Å². The summed E-state index contributed by atoms with van der Waals surface area (Å²) >= 11 is 0. The van der Waals surface area contributed by atoms with Gasteiger partial charge in [-0.1, -0.05) is 30.3 Å². The van der Waals surface area contributed by atoms with Crippen molar-refractivity contribution >= 4 is 10.0 Å². The second-order valence-electron chi connectivity index (χ2n) is 6.34. The molecular weight excluding hydrogens is 353 g/mol. The van der Waals surface area contributed by atoms with Gasteiger partial charge in [0.25, 0.3) is 0 Å². The van der Waals surface area contributed by atoms with E-state index in [4.69, 9.17) is 5.26 Å². The van der Waals surface area contributed by atoms with Crippen LogP contribution in [0.2, 0.25) is 0 Å². The van der Waals surface area contributed by atoms with E-state index in [1.54, 1.807) is 18.2 Å². The Morgan fingerprint density at radius 1 is 1.04 bits per heavy atom. The largest absolute Gasteiger partial charge is 0.296 e. The minimum Gasteiger partial charge on any atom is -0.296 e. The maximum absolute atomic E-state index is 13.9. The summed E-state index contributed by atoms with van der Waals surface area (Å²) in [6.07, 6.45) is 0. The molecule has 1 aliphatic heterocycles. The summed E-state index contributed by atoms with van der Waals surface area (Å²) in [5, 5.41) is 8.94. The van der Waals surface area contributed by atoms with Gasteiger partial charge in [0.2, 0.25) is 10.0 Å². The molecular formula is C19H20FN3O2S. The summed E-state index contributed by atoms with van der Waals surface area (Å²) in [6.45, 7) is 2.20. The summed E-state index contributed by atoms with van der Waals surface area (Å²) in [5.74, 6) is -0.352. The molecule has 136 valence electrons. The van der Waals surface area contributed by atoms with Crippen molar-refractivity contribution in [3.63, 3.8) is 0 Å². The lowest BCUT2D eigenvalue weighted by atomic mass is 10.1. The van der Waals surface area contributed by atoms with Crippen LogP contribution in [0.5, 0.6) is 0 Å². The number of sulfonamides is 1. The number of benzene rings is 2. The number of nitrogens with zero attached hydrogens (tertiary/aromatic N) is 3. The smallest absolute Gasteiger partial charge is 0.218 e. The van der Waals surface area contributed by atoms with E-state index in [9.17, 15) is 12.8 Å². The molecule has 1 fully saturated rings. The van der Waals surface area contributed by atoms with Gasteiger partial charge in [-0.15, -0.1) is 0 Å². The highest BCUT2D eigenvalue weighted by molar-refractivity contribution is 7.88. The number of halogens is 1. The van der Waals surface area contributed by atoms with Crippen molar-refractivity contribution in [2.75, 3.05) is 26.2 Å². The molecule has 1 aliphatic rings. The lowest BCUT2D eigenvalue weighted by Crippen LogP contribution is -2.48. The Kier molecular flexibility index (Phi) is 5.67. The van der Waals surface area contributed by atoms with Gasteiger partial charge < -0.3 is 0 Å². The van der Waals surface area contributed by atoms with Crippen LogP contribution in [0.1, 0.15) is 16.7 Å². The molecule has 0 aromatic heterocycles. The number of hydrogen-bond acceptors (Lipinski definition) is 4. The van der Waals surface area contributed by atoms with Crippen molar-refractivity contribution in [1.82, 2.24) is 9.21 Å². The molecule has 0 radical (unpaired) electrons. The van der Waals surface area contributed by atoms with Crippen LogP contribution in [0.3, 0.4) is 0 Å². The van der Waals surface area contributed by atoms with Crippen LogP contribution in [0.15, 0.2) is 48.5 Å². The normalized spacial score (nSPS) is 16.3. The Labute approximate surface area is 153 Å². The molecule has 0 amide bonds. The zero-order chi connectivity index (χ0) is 18.6. The molecule has 1 heterocycles. The first-order valence-corrected chi connectivity index (χ1v) is 10.0. The Bertz CT molecular complexity index is 902. The number of rotatable bonds is 5. The lowest BCUT2D eigenvalue weighted by Gasteiger charge is -2.34. The van der Waals surface area contributed by atoms with Crippen LogP contribution < -0.4 is 0 Å². The molecule has 26 heavy (non-hydrogen) atoms. The Morgan fingerprint density at radius 3 is 2.38 bits per heavy atom. The lowest BCUT2D eigenvalue weighted by molar-refractivity contribution is 0.179. The summed E-state index contributed by atoms with van der Waals surface area (Å²) in [7, 11) is -3.36. The Morgan fingerprint density at radius 2 is 1.73 bits per heavy atom. The highest BCUT2D eigenvalue weighted by Gasteiger charge is 2.27. The predicted octanol–water partition coefficient (Wildman–Crippen LogP) is 2.34. The van der Waals surface area contributed by atoms with E-state index >= 15 is 0 Å². The molecule has 2 aromatic carbocycles. The summed E-state index contributed by atoms with van der Waals surface area (Å²) in [4.78, 5) is 2.01. The minimum absolute atomic E-state index is 0.00726. The number of hydrogen-bond donors (Lipinski definition) is 0. The van der Waals surface area contributed by atoms with Crippen molar-refractivity contribution in [3.05, 3.63) is 71.0 Å². The van der Waals surface area contributed by atoms with Crippen LogP contribution >= 0.6 is 0 Å². The predicted molar refractivity (Wildman–Crippen MR) is 97.0 cm³/mol. The number of piperazine rings is 1. The minimum atomic E-state index is -3.36. The zero-order valence-corrected chi connectivity index (χ0v) is 15.1. The maximum Gasteiger partial charge on any atom is 0.218 e. The first-order chi connectivity index (χ1) is 12.5. The van der Waals surface area contributed by atoms with E-state index in [2.05, 4.69) is 0 Å². The van der Waals surface area contributed by atoms with Gasteiger partial charge in [-0.3, -0.25) is 4.90 Å². The summed E-state index contributed by atoms with van der Waals surface area (Å²) in [6, 6.07) is 15.4. The molecule has 0 saturated carbocycles. The van der Waals surface area contributed by atoms with E-state index < -0.39 is 10.0 Å². The fraction of sp³-hybridized carbons (Fsp3) is 0.316. The third kappa shape index (κ3) is 4.47. The van der Waals surface area contributed by atoms with Crippen molar-refractivity contribution in [3.8, 4) is 6.07 Å². The van der Waals surface area contributed by atoms with Crippen LogP contribution in [0.4, 0.5) is 4.39 Å².